The fourth-order valence-electron chi connectivity index (χ4n) is 2.85. The Morgan fingerprint density at radius 2 is 2.00 bits per heavy atom. The molecule has 2 bridgehead atoms. The van der Waals surface area contributed by atoms with Crippen LogP contribution in [-0.2, 0) is 9.53 Å². The first kappa shape index (κ1) is 6.46. The van der Waals surface area contributed by atoms with Crippen molar-refractivity contribution in [3.63, 3.8) is 0 Å². The SMILES string of the molecule is C=C1OC(=O)C2C3C=CC(C3)C12. The molecule has 2 aliphatic carbocycles. The summed E-state index contributed by atoms with van der Waals surface area (Å²) in [5, 5.41) is 0. The summed E-state index contributed by atoms with van der Waals surface area (Å²) in [7, 11) is 0. The lowest BCUT2D eigenvalue weighted by Crippen LogP contribution is -2.19. The summed E-state index contributed by atoms with van der Waals surface area (Å²) in [5.74, 6) is 2.01. The first-order valence-electron chi connectivity index (χ1n) is 4.36. The highest BCUT2D eigenvalue weighted by Crippen LogP contribution is 2.54. The normalized spacial score (nSPS) is 48.3. The monoisotopic (exact) mass is 162 g/mol. The van der Waals surface area contributed by atoms with E-state index >= 15 is 0 Å². The maximum atomic E-state index is 11.3. The lowest BCUT2D eigenvalue weighted by Gasteiger charge is -2.14. The van der Waals surface area contributed by atoms with Crippen molar-refractivity contribution in [2.75, 3.05) is 0 Å². The average Bonchev–Trinajstić information content (AvgIpc) is 2.64. The molecule has 4 atom stereocenters. The number of carbonyl (C=O) groups is 1. The molecule has 1 heterocycles. The van der Waals surface area contributed by atoms with Crippen LogP contribution >= 0.6 is 0 Å². The number of cyclic esters (lactones) is 1. The maximum absolute atomic E-state index is 11.3. The lowest BCUT2D eigenvalue weighted by atomic mass is 9.84. The van der Waals surface area contributed by atoms with Crippen molar-refractivity contribution in [2.24, 2.45) is 23.7 Å². The fraction of sp³-hybridized carbons (Fsp3) is 0.500. The summed E-state index contributed by atoms with van der Waals surface area (Å²) in [6, 6.07) is 0. The van der Waals surface area contributed by atoms with E-state index in [-0.39, 0.29) is 11.9 Å². The number of carbonyl (C=O) groups excluding carboxylic acids is 1. The average molecular weight is 162 g/mol. The molecule has 0 aromatic carbocycles. The number of ether oxygens (including phenoxy) is 1. The molecule has 2 fully saturated rings. The van der Waals surface area contributed by atoms with Crippen LogP contribution < -0.4 is 0 Å². The van der Waals surface area contributed by atoms with Gasteiger partial charge >= 0.3 is 5.97 Å². The van der Waals surface area contributed by atoms with E-state index in [1.165, 1.54) is 0 Å². The van der Waals surface area contributed by atoms with Gasteiger partial charge in [0.1, 0.15) is 5.76 Å². The van der Waals surface area contributed by atoms with E-state index in [1.807, 2.05) is 0 Å². The van der Waals surface area contributed by atoms with Gasteiger partial charge in [0, 0.05) is 5.92 Å². The summed E-state index contributed by atoms with van der Waals surface area (Å²) in [4.78, 5) is 11.3. The molecule has 62 valence electrons. The predicted molar refractivity (Wildman–Crippen MR) is 42.9 cm³/mol. The lowest BCUT2D eigenvalue weighted by molar-refractivity contribution is -0.139. The van der Waals surface area contributed by atoms with Gasteiger partial charge in [-0.25, -0.2) is 0 Å². The maximum Gasteiger partial charge on any atom is 0.315 e. The third-order valence-electron chi connectivity index (χ3n) is 3.33. The summed E-state index contributed by atoms with van der Waals surface area (Å²) < 4.78 is 5.04. The van der Waals surface area contributed by atoms with Gasteiger partial charge in [-0.05, 0) is 18.3 Å². The highest BCUT2D eigenvalue weighted by molar-refractivity contribution is 5.79. The molecule has 2 nitrogen and oxygen atoms in total. The first-order valence-corrected chi connectivity index (χ1v) is 4.36. The molecular formula is C10H10O2. The van der Waals surface area contributed by atoms with Crippen molar-refractivity contribution < 1.29 is 9.53 Å². The Balaban J connectivity index is 2.08. The topological polar surface area (TPSA) is 26.3 Å². The van der Waals surface area contributed by atoms with Crippen molar-refractivity contribution in [1.29, 1.82) is 0 Å². The second-order valence-corrected chi connectivity index (χ2v) is 3.89. The number of rotatable bonds is 0. The van der Waals surface area contributed by atoms with Crippen LogP contribution in [0.25, 0.3) is 0 Å². The molecule has 0 amide bonds. The first-order chi connectivity index (χ1) is 5.77. The molecule has 1 saturated heterocycles. The van der Waals surface area contributed by atoms with Crippen molar-refractivity contribution in [3.8, 4) is 0 Å². The molecular weight excluding hydrogens is 152 g/mol. The summed E-state index contributed by atoms with van der Waals surface area (Å²) >= 11 is 0. The van der Waals surface area contributed by atoms with E-state index in [9.17, 15) is 4.79 Å². The van der Waals surface area contributed by atoms with Gasteiger partial charge in [0.05, 0.1) is 5.92 Å². The molecule has 0 radical (unpaired) electrons. The molecule has 0 N–H and O–H groups in total. The molecule has 4 unspecified atom stereocenters. The molecule has 3 aliphatic rings. The van der Waals surface area contributed by atoms with Crippen LogP contribution in [-0.4, -0.2) is 5.97 Å². The van der Waals surface area contributed by atoms with Gasteiger partial charge in [-0.15, -0.1) is 0 Å². The third kappa shape index (κ3) is 0.554. The highest BCUT2D eigenvalue weighted by atomic mass is 16.5. The zero-order chi connectivity index (χ0) is 8.29. The van der Waals surface area contributed by atoms with Crippen LogP contribution in [0.3, 0.4) is 0 Å². The molecule has 2 heteroatoms. The Hall–Kier alpha value is -1.05. The Morgan fingerprint density at radius 1 is 1.33 bits per heavy atom. The van der Waals surface area contributed by atoms with Crippen LogP contribution in [0, 0.1) is 23.7 Å². The van der Waals surface area contributed by atoms with E-state index in [1.54, 1.807) is 0 Å². The number of hydrogen-bond donors (Lipinski definition) is 0. The Kier molecular flexibility index (Phi) is 0.978. The van der Waals surface area contributed by atoms with Crippen molar-refractivity contribution in [1.82, 2.24) is 0 Å². The van der Waals surface area contributed by atoms with Gasteiger partial charge in [0.25, 0.3) is 0 Å². The van der Waals surface area contributed by atoms with Crippen molar-refractivity contribution in [2.45, 2.75) is 6.42 Å². The number of allylic oxidation sites excluding steroid dienone is 3. The molecule has 1 saturated carbocycles. The number of fused-ring (bicyclic) bond motifs is 5. The Labute approximate surface area is 70.9 Å². The molecule has 0 aromatic rings. The summed E-state index contributed by atoms with van der Waals surface area (Å²) in [6.45, 7) is 3.79. The molecule has 1 aliphatic heterocycles. The molecule has 0 aromatic heterocycles. The van der Waals surface area contributed by atoms with E-state index in [0.717, 1.165) is 6.42 Å². The Morgan fingerprint density at radius 3 is 2.67 bits per heavy atom. The summed E-state index contributed by atoms with van der Waals surface area (Å²) in [5.41, 5.74) is 0. The zero-order valence-electron chi connectivity index (χ0n) is 6.69. The standard InChI is InChI=1S/C10H10O2/c1-5-8-6-2-3-7(4-6)9(8)10(11)12-5/h2-3,6-9H,1,4H2. The zero-order valence-corrected chi connectivity index (χ0v) is 6.69. The Bertz CT molecular complexity index is 275. The molecule has 0 spiro atoms. The second kappa shape index (κ2) is 1.82. The largest absolute Gasteiger partial charge is 0.431 e. The van der Waals surface area contributed by atoms with Crippen LogP contribution in [0.2, 0.25) is 0 Å². The molecule has 3 rings (SSSR count). The minimum Gasteiger partial charge on any atom is -0.431 e. The van der Waals surface area contributed by atoms with Crippen molar-refractivity contribution >= 4 is 5.97 Å². The van der Waals surface area contributed by atoms with Crippen LogP contribution in [0.1, 0.15) is 6.42 Å². The van der Waals surface area contributed by atoms with Gasteiger partial charge in [-0.2, -0.15) is 0 Å². The quantitative estimate of drug-likeness (QED) is 0.398. The summed E-state index contributed by atoms with van der Waals surface area (Å²) in [6.07, 6.45) is 5.49. The van der Waals surface area contributed by atoms with Gasteiger partial charge < -0.3 is 4.74 Å². The van der Waals surface area contributed by atoms with E-state index < -0.39 is 0 Å². The minimum absolute atomic E-state index is 0.0538. The highest BCUT2D eigenvalue weighted by Gasteiger charge is 2.54. The van der Waals surface area contributed by atoms with Crippen LogP contribution in [0.5, 0.6) is 0 Å². The van der Waals surface area contributed by atoms with E-state index in [4.69, 9.17) is 4.74 Å². The van der Waals surface area contributed by atoms with Gasteiger partial charge in [0.2, 0.25) is 0 Å². The number of hydrogen-bond acceptors (Lipinski definition) is 2. The van der Waals surface area contributed by atoms with Crippen LogP contribution in [0.15, 0.2) is 24.5 Å². The minimum atomic E-state index is -0.0538. The van der Waals surface area contributed by atoms with Gasteiger partial charge in [-0.3, -0.25) is 4.79 Å². The third-order valence-corrected chi connectivity index (χ3v) is 3.33. The predicted octanol–water partition coefficient (Wildman–Crippen LogP) is 1.50. The smallest absolute Gasteiger partial charge is 0.315 e. The van der Waals surface area contributed by atoms with E-state index in [2.05, 4.69) is 18.7 Å². The second-order valence-electron chi connectivity index (χ2n) is 3.89. The fourth-order valence-corrected chi connectivity index (χ4v) is 2.85. The number of esters is 1. The van der Waals surface area contributed by atoms with Gasteiger partial charge in [-0.1, -0.05) is 18.7 Å². The molecule has 12 heavy (non-hydrogen) atoms. The van der Waals surface area contributed by atoms with E-state index in [0.29, 0.717) is 23.5 Å². The van der Waals surface area contributed by atoms with Gasteiger partial charge in [0.15, 0.2) is 0 Å². The van der Waals surface area contributed by atoms with Crippen LogP contribution in [0.4, 0.5) is 0 Å². The van der Waals surface area contributed by atoms with Crippen molar-refractivity contribution in [3.05, 3.63) is 24.5 Å².